The van der Waals surface area contributed by atoms with Crippen molar-refractivity contribution in [1.82, 2.24) is 10.2 Å². The first-order chi connectivity index (χ1) is 11.6. The number of aliphatic hydroxyl groups excluding tert-OH is 1. The van der Waals surface area contributed by atoms with Gasteiger partial charge < -0.3 is 20.5 Å². The molecule has 8 heteroatoms. The van der Waals surface area contributed by atoms with Crippen LogP contribution in [-0.4, -0.2) is 48.2 Å². The van der Waals surface area contributed by atoms with Crippen LogP contribution < -0.4 is 15.8 Å². The zero-order valence-corrected chi connectivity index (χ0v) is 15.4. The summed E-state index contributed by atoms with van der Waals surface area (Å²) in [6, 6.07) is 9.59. The Balaban J connectivity index is 0.000000449. The molecule has 1 aliphatic heterocycles. The van der Waals surface area contributed by atoms with Gasteiger partial charge in [-0.25, -0.2) is 0 Å². The fourth-order valence-corrected chi connectivity index (χ4v) is 2.27. The molecule has 0 unspecified atom stereocenters. The maximum absolute atomic E-state index is 8.46. The molecule has 6 N–H and O–H groups in total. The van der Waals surface area contributed by atoms with E-state index >= 15 is 0 Å². The summed E-state index contributed by atoms with van der Waals surface area (Å²) in [5, 5.41) is 25.6. The number of halogens is 1. The van der Waals surface area contributed by atoms with Crippen LogP contribution in [0.5, 0.6) is 5.75 Å². The van der Waals surface area contributed by atoms with Crippen LogP contribution in [0.2, 0.25) is 0 Å². The summed E-state index contributed by atoms with van der Waals surface area (Å²) in [6.45, 7) is 2.57. The van der Waals surface area contributed by atoms with Crippen LogP contribution in [0.25, 0.3) is 0 Å². The number of nitrogens with zero attached hydrogens (tertiary/aromatic N) is 1. The van der Waals surface area contributed by atoms with Crippen LogP contribution in [0, 0.1) is 10.8 Å². The quantitative estimate of drug-likeness (QED) is 0.315. The van der Waals surface area contributed by atoms with Crippen LogP contribution in [0.1, 0.15) is 32.1 Å². The summed E-state index contributed by atoms with van der Waals surface area (Å²) < 4.78 is 5.29. The van der Waals surface area contributed by atoms with Crippen LogP contribution in [0.15, 0.2) is 30.3 Å². The number of likely N-dealkylation sites (tertiary alicyclic amines) is 1. The van der Waals surface area contributed by atoms with Crippen LogP contribution in [0.4, 0.5) is 0 Å². The van der Waals surface area contributed by atoms with Crippen molar-refractivity contribution in [2.24, 2.45) is 5.73 Å². The van der Waals surface area contributed by atoms with E-state index in [1.165, 1.54) is 12.8 Å². The molecule has 0 aromatic heterocycles. The number of nitrogens with two attached hydrogens (primary N) is 1. The number of benzene rings is 1. The Labute approximate surface area is 156 Å². The van der Waals surface area contributed by atoms with Crippen LogP contribution in [0.3, 0.4) is 0 Å². The van der Waals surface area contributed by atoms with E-state index in [2.05, 4.69) is 5.32 Å². The third-order valence-corrected chi connectivity index (χ3v) is 3.49. The van der Waals surface area contributed by atoms with E-state index in [1.54, 1.807) is 0 Å². The van der Waals surface area contributed by atoms with Crippen molar-refractivity contribution >= 4 is 24.3 Å². The van der Waals surface area contributed by atoms with Crippen LogP contribution >= 0.6 is 12.4 Å². The molecule has 0 spiro atoms. The lowest BCUT2D eigenvalue weighted by Crippen LogP contribution is -2.46. The lowest BCUT2D eigenvalue weighted by atomic mass is 10.2. The summed E-state index contributed by atoms with van der Waals surface area (Å²) in [5.41, 5.74) is 5.14. The topological polar surface area (TPSA) is 118 Å². The molecular weight excluding hydrogens is 342 g/mol. The van der Waals surface area contributed by atoms with Crippen molar-refractivity contribution in [3.05, 3.63) is 30.3 Å². The minimum atomic E-state index is -0.158. The van der Waals surface area contributed by atoms with Crippen molar-refractivity contribution in [2.45, 2.75) is 32.1 Å². The standard InChI is InChI=1S/C9H12O2.C8H17N5.ClH/c10-7-4-8-11-9-5-2-1-3-6-9;9-7(10)12-8(11)13-5-3-1-2-4-6-13;/h1-3,5-6,10H,4,7-8H2;1-6H2,(H5,9,10,11,12);1H. The molecule has 1 heterocycles. The molecule has 0 amide bonds. The average Bonchev–Trinajstić information content (AvgIpc) is 2.85. The van der Waals surface area contributed by atoms with Crippen LogP contribution in [-0.2, 0) is 0 Å². The van der Waals surface area contributed by atoms with Crippen molar-refractivity contribution in [1.29, 1.82) is 10.8 Å². The lowest BCUT2D eigenvalue weighted by molar-refractivity contribution is 0.233. The van der Waals surface area contributed by atoms with E-state index in [4.69, 9.17) is 26.4 Å². The predicted molar refractivity (Wildman–Crippen MR) is 104 cm³/mol. The third-order valence-electron chi connectivity index (χ3n) is 3.49. The normalized spacial score (nSPS) is 13.4. The summed E-state index contributed by atoms with van der Waals surface area (Å²) in [7, 11) is 0. The van der Waals surface area contributed by atoms with E-state index in [1.807, 2.05) is 35.2 Å². The first kappa shape index (κ1) is 23.0. The minimum Gasteiger partial charge on any atom is -0.494 e. The molecule has 0 saturated carbocycles. The molecule has 1 aromatic rings. The van der Waals surface area contributed by atoms with Gasteiger partial charge in [0.1, 0.15) is 5.75 Å². The maximum Gasteiger partial charge on any atom is 0.197 e. The Bertz CT molecular complexity index is 479. The number of aliphatic hydroxyl groups is 1. The first-order valence-electron chi connectivity index (χ1n) is 8.36. The maximum atomic E-state index is 8.46. The fraction of sp³-hybridized carbons (Fsp3) is 0.529. The van der Waals surface area contributed by atoms with E-state index in [0.717, 1.165) is 31.7 Å². The summed E-state index contributed by atoms with van der Waals surface area (Å²) in [4.78, 5) is 1.94. The van der Waals surface area contributed by atoms with Gasteiger partial charge in [-0.15, -0.1) is 12.4 Å². The Morgan fingerprint density at radius 3 is 2.24 bits per heavy atom. The van der Waals surface area contributed by atoms with Crippen molar-refractivity contribution < 1.29 is 9.84 Å². The van der Waals surface area contributed by atoms with E-state index in [-0.39, 0.29) is 30.9 Å². The summed E-state index contributed by atoms with van der Waals surface area (Å²) in [5.74, 6) is 0.963. The van der Waals surface area contributed by atoms with E-state index in [0.29, 0.717) is 13.0 Å². The molecule has 2 rings (SSSR count). The molecule has 0 radical (unpaired) electrons. The highest BCUT2D eigenvalue weighted by Gasteiger charge is 2.12. The second-order valence-corrected chi connectivity index (χ2v) is 5.53. The second-order valence-electron chi connectivity index (χ2n) is 5.53. The number of guanidine groups is 2. The van der Waals surface area contributed by atoms with Gasteiger partial charge in [0.15, 0.2) is 11.9 Å². The van der Waals surface area contributed by atoms with Crippen molar-refractivity contribution in [3.8, 4) is 5.75 Å². The largest absolute Gasteiger partial charge is 0.494 e. The molecular formula is C17H30ClN5O2. The van der Waals surface area contributed by atoms with Gasteiger partial charge in [-0.1, -0.05) is 31.0 Å². The Morgan fingerprint density at radius 1 is 1.12 bits per heavy atom. The Morgan fingerprint density at radius 2 is 1.72 bits per heavy atom. The van der Waals surface area contributed by atoms with Gasteiger partial charge in [0.05, 0.1) is 6.61 Å². The highest BCUT2D eigenvalue weighted by atomic mass is 35.5. The average molecular weight is 372 g/mol. The molecule has 1 aliphatic rings. The first-order valence-corrected chi connectivity index (χ1v) is 8.36. The lowest BCUT2D eigenvalue weighted by Gasteiger charge is -2.22. The number of rotatable bonds is 4. The molecule has 25 heavy (non-hydrogen) atoms. The number of para-hydroxylation sites is 1. The molecule has 1 saturated heterocycles. The predicted octanol–water partition coefficient (Wildman–Crippen LogP) is 2.15. The van der Waals surface area contributed by atoms with Gasteiger partial charge in [-0.05, 0) is 25.0 Å². The second kappa shape index (κ2) is 14.4. The van der Waals surface area contributed by atoms with E-state index in [9.17, 15) is 0 Å². The highest BCUT2D eigenvalue weighted by molar-refractivity contribution is 5.94. The number of hydrogen-bond donors (Lipinski definition) is 5. The molecule has 7 nitrogen and oxygen atoms in total. The smallest absolute Gasteiger partial charge is 0.197 e. The summed E-state index contributed by atoms with van der Waals surface area (Å²) >= 11 is 0. The van der Waals surface area contributed by atoms with Gasteiger partial charge in [0, 0.05) is 26.1 Å². The van der Waals surface area contributed by atoms with Crippen molar-refractivity contribution in [3.63, 3.8) is 0 Å². The van der Waals surface area contributed by atoms with Gasteiger partial charge in [-0.3, -0.25) is 16.1 Å². The monoisotopic (exact) mass is 371 g/mol. The highest BCUT2D eigenvalue weighted by Crippen LogP contribution is 2.09. The minimum absolute atomic E-state index is 0. The van der Waals surface area contributed by atoms with E-state index < -0.39 is 0 Å². The Hall–Kier alpha value is -1.99. The molecule has 1 fully saturated rings. The third kappa shape index (κ3) is 11.2. The van der Waals surface area contributed by atoms with Gasteiger partial charge in [0.2, 0.25) is 0 Å². The van der Waals surface area contributed by atoms with Gasteiger partial charge in [-0.2, -0.15) is 0 Å². The SMILES string of the molecule is Cl.N=C(N)NC(=N)N1CCCCCC1.OCCCOc1ccccc1. The molecule has 0 atom stereocenters. The molecule has 1 aromatic carbocycles. The van der Waals surface area contributed by atoms with Crippen molar-refractivity contribution in [2.75, 3.05) is 26.3 Å². The Kier molecular flexibility index (Phi) is 13.2. The number of ether oxygens (including phenoxy) is 1. The number of hydrogen-bond acceptors (Lipinski definition) is 4. The summed E-state index contributed by atoms with van der Waals surface area (Å²) in [6.07, 6.45) is 5.42. The zero-order valence-electron chi connectivity index (χ0n) is 14.5. The number of nitrogens with one attached hydrogen (secondary N) is 3. The fourth-order valence-electron chi connectivity index (χ4n) is 2.27. The molecule has 0 bridgehead atoms. The zero-order chi connectivity index (χ0) is 17.6. The molecule has 0 aliphatic carbocycles. The molecule has 142 valence electrons. The van der Waals surface area contributed by atoms with Gasteiger partial charge in [0.25, 0.3) is 0 Å². The van der Waals surface area contributed by atoms with Gasteiger partial charge >= 0.3 is 0 Å².